The van der Waals surface area contributed by atoms with Crippen LogP contribution in [0.1, 0.15) is 12.8 Å². The third-order valence-electron chi connectivity index (χ3n) is 2.19. The van der Waals surface area contributed by atoms with Gasteiger partial charge >= 0.3 is 5.97 Å². The van der Waals surface area contributed by atoms with Crippen LogP contribution < -0.4 is 11.1 Å². The Morgan fingerprint density at radius 2 is 2.17 bits per heavy atom. The number of halogens is 2. The van der Waals surface area contributed by atoms with E-state index in [1.165, 1.54) is 0 Å². The second kappa shape index (κ2) is 6.91. The summed E-state index contributed by atoms with van der Waals surface area (Å²) in [6, 6.07) is 4.31. The molecule has 0 fully saturated rings. The van der Waals surface area contributed by atoms with Gasteiger partial charge in [0.05, 0.1) is 16.8 Å². The largest absolute Gasteiger partial charge is 0.481 e. The molecule has 5 nitrogen and oxygen atoms in total. The van der Waals surface area contributed by atoms with E-state index in [4.69, 9.17) is 22.4 Å². The zero-order chi connectivity index (χ0) is 13.7. The van der Waals surface area contributed by atoms with Crippen molar-refractivity contribution in [1.82, 2.24) is 0 Å². The van der Waals surface area contributed by atoms with Gasteiger partial charge in [0.25, 0.3) is 0 Å². The van der Waals surface area contributed by atoms with Crippen LogP contribution in [0.5, 0.6) is 0 Å². The van der Waals surface area contributed by atoms with E-state index in [0.717, 1.165) is 3.57 Å². The first kappa shape index (κ1) is 15.2. The standard InChI is InChI=1S/C11H12ClIN2O3/c12-7-5-6(13)1-3-9(7)15-11(18)8(14)2-4-10(16)17/h1,3,5,8H,2,4,14H2,(H,15,18)(H,16,17). The van der Waals surface area contributed by atoms with Gasteiger partial charge in [-0.15, -0.1) is 0 Å². The van der Waals surface area contributed by atoms with Crippen molar-refractivity contribution in [3.8, 4) is 0 Å². The number of benzene rings is 1. The van der Waals surface area contributed by atoms with Crippen molar-refractivity contribution in [3.05, 3.63) is 26.8 Å². The van der Waals surface area contributed by atoms with Crippen molar-refractivity contribution in [2.24, 2.45) is 5.73 Å². The highest BCUT2D eigenvalue weighted by atomic mass is 127. The Balaban J connectivity index is 2.61. The number of carbonyl (C=O) groups excluding carboxylic acids is 1. The van der Waals surface area contributed by atoms with Crippen molar-refractivity contribution < 1.29 is 14.7 Å². The molecule has 0 heterocycles. The van der Waals surface area contributed by atoms with E-state index in [9.17, 15) is 9.59 Å². The fourth-order valence-electron chi connectivity index (χ4n) is 1.23. The molecule has 7 heteroatoms. The second-order valence-corrected chi connectivity index (χ2v) is 5.31. The molecule has 1 atom stereocenters. The minimum absolute atomic E-state index is 0.0865. The SMILES string of the molecule is NC(CCC(=O)O)C(=O)Nc1ccc(I)cc1Cl. The number of anilines is 1. The van der Waals surface area contributed by atoms with Crippen LogP contribution in [0.25, 0.3) is 0 Å². The Bertz CT molecular complexity index is 468. The molecule has 0 radical (unpaired) electrons. The Morgan fingerprint density at radius 3 is 2.72 bits per heavy atom. The first-order chi connectivity index (χ1) is 8.40. The molecule has 18 heavy (non-hydrogen) atoms. The van der Waals surface area contributed by atoms with Crippen LogP contribution in [0, 0.1) is 3.57 Å². The van der Waals surface area contributed by atoms with E-state index in [1.807, 2.05) is 0 Å². The maximum absolute atomic E-state index is 11.7. The van der Waals surface area contributed by atoms with Crippen LogP contribution in [0.3, 0.4) is 0 Å². The number of nitrogens with two attached hydrogens (primary N) is 1. The molecule has 1 amide bonds. The lowest BCUT2D eigenvalue weighted by atomic mass is 10.1. The molecule has 0 saturated carbocycles. The summed E-state index contributed by atoms with van der Waals surface area (Å²) in [6.45, 7) is 0. The van der Waals surface area contributed by atoms with Crippen LogP contribution >= 0.6 is 34.2 Å². The normalized spacial score (nSPS) is 11.9. The van der Waals surface area contributed by atoms with Crippen LogP contribution in [0.2, 0.25) is 5.02 Å². The molecular weight excluding hydrogens is 370 g/mol. The number of hydrogen-bond acceptors (Lipinski definition) is 3. The van der Waals surface area contributed by atoms with Crippen molar-refractivity contribution in [1.29, 1.82) is 0 Å². The molecule has 0 saturated heterocycles. The number of rotatable bonds is 5. The molecule has 1 rings (SSSR count). The smallest absolute Gasteiger partial charge is 0.303 e. The minimum atomic E-state index is -0.981. The predicted molar refractivity (Wildman–Crippen MR) is 77.6 cm³/mol. The monoisotopic (exact) mass is 382 g/mol. The van der Waals surface area contributed by atoms with E-state index in [-0.39, 0.29) is 12.8 Å². The van der Waals surface area contributed by atoms with Gasteiger partial charge in [0.15, 0.2) is 0 Å². The summed E-state index contributed by atoms with van der Waals surface area (Å²) >= 11 is 8.05. The number of amides is 1. The molecule has 1 unspecified atom stereocenters. The topological polar surface area (TPSA) is 92.4 Å². The van der Waals surface area contributed by atoms with Gasteiger partial charge in [-0.3, -0.25) is 9.59 Å². The molecule has 0 spiro atoms. The molecule has 98 valence electrons. The molecule has 0 bridgehead atoms. The number of carboxylic acids is 1. The van der Waals surface area contributed by atoms with Gasteiger partial charge in [-0.1, -0.05) is 11.6 Å². The maximum Gasteiger partial charge on any atom is 0.303 e. The van der Waals surface area contributed by atoms with E-state index < -0.39 is 17.9 Å². The number of hydrogen-bond donors (Lipinski definition) is 3. The molecule has 0 aliphatic carbocycles. The summed E-state index contributed by atoms with van der Waals surface area (Å²) in [7, 11) is 0. The number of carbonyl (C=O) groups is 2. The molecule has 4 N–H and O–H groups in total. The third kappa shape index (κ3) is 4.79. The Labute approximate surface area is 123 Å². The van der Waals surface area contributed by atoms with E-state index in [1.54, 1.807) is 18.2 Å². The lowest BCUT2D eigenvalue weighted by Gasteiger charge is -2.12. The first-order valence-electron chi connectivity index (χ1n) is 5.13. The van der Waals surface area contributed by atoms with Gasteiger partial charge in [0, 0.05) is 9.99 Å². The van der Waals surface area contributed by atoms with E-state index in [0.29, 0.717) is 10.7 Å². The van der Waals surface area contributed by atoms with Gasteiger partial charge in [-0.25, -0.2) is 0 Å². The zero-order valence-electron chi connectivity index (χ0n) is 9.32. The average molecular weight is 383 g/mol. The predicted octanol–water partition coefficient (Wildman–Crippen LogP) is 2.08. The summed E-state index contributed by atoms with van der Waals surface area (Å²) in [4.78, 5) is 22.0. The van der Waals surface area contributed by atoms with Gasteiger partial charge in [-0.2, -0.15) is 0 Å². The molecule has 0 aliphatic heterocycles. The minimum Gasteiger partial charge on any atom is -0.481 e. The average Bonchev–Trinajstić information content (AvgIpc) is 2.29. The fourth-order valence-corrected chi connectivity index (χ4v) is 2.13. The highest BCUT2D eigenvalue weighted by molar-refractivity contribution is 14.1. The van der Waals surface area contributed by atoms with Gasteiger partial charge in [-0.05, 0) is 47.2 Å². The lowest BCUT2D eigenvalue weighted by Crippen LogP contribution is -2.36. The van der Waals surface area contributed by atoms with Crippen LogP contribution in [0.4, 0.5) is 5.69 Å². The number of carboxylic acid groups (broad SMARTS) is 1. The lowest BCUT2D eigenvalue weighted by molar-refractivity contribution is -0.137. The van der Waals surface area contributed by atoms with Crippen molar-refractivity contribution >= 4 is 51.8 Å². The third-order valence-corrected chi connectivity index (χ3v) is 3.18. The Kier molecular flexibility index (Phi) is 5.83. The van der Waals surface area contributed by atoms with Crippen LogP contribution in [-0.4, -0.2) is 23.0 Å². The van der Waals surface area contributed by atoms with Crippen molar-refractivity contribution in [2.75, 3.05) is 5.32 Å². The van der Waals surface area contributed by atoms with Crippen LogP contribution in [0.15, 0.2) is 18.2 Å². The maximum atomic E-state index is 11.7. The van der Waals surface area contributed by atoms with Gasteiger partial charge in [0.2, 0.25) is 5.91 Å². The van der Waals surface area contributed by atoms with E-state index >= 15 is 0 Å². The van der Waals surface area contributed by atoms with Gasteiger partial charge in [0.1, 0.15) is 0 Å². The number of nitrogens with one attached hydrogen (secondary N) is 1. The summed E-state index contributed by atoms with van der Waals surface area (Å²) in [5.41, 5.74) is 6.04. The highest BCUT2D eigenvalue weighted by Crippen LogP contribution is 2.23. The van der Waals surface area contributed by atoms with E-state index in [2.05, 4.69) is 27.9 Å². The first-order valence-corrected chi connectivity index (χ1v) is 6.59. The summed E-state index contributed by atoms with van der Waals surface area (Å²) < 4.78 is 0.950. The number of aliphatic carboxylic acids is 1. The van der Waals surface area contributed by atoms with Gasteiger partial charge < -0.3 is 16.2 Å². The molecule has 1 aromatic carbocycles. The molecular formula is C11H12ClIN2O3. The quantitative estimate of drug-likeness (QED) is 0.680. The highest BCUT2D eigenvalue weighted by Gasteiger charge is 2.16. The van der Waals surface area contributed by atoms with Crippen molar-refractivity contribution in [2.45, 2.75) is 18.9 Å². The summed E-state index contributed by atoms with van der Waals surface area (Å²) in [5, 5.41) is 11.5. The summed E-state index contributed by atoms with van der Waals surface area (Å²) in [5.74, 6) is -1.43. The fraction of sp³-hybridized carbons (Fsp3) is 0.273. The second-order valence-electron chi connectivity index (χ2n) is 3.65. The molecule has 0 aromatic heterocycles. The van der Waals surface area contributed by atoms with Crippen LogP contribution in [-0.2, 0) is 9.59 Å². The Hall–Kier alpha value is -0.860. The van der Waals surface area contributed by atoms with Crippen molar-refractivity contribution in [3.63, 3.8) is 0 Å². The summed E-state index contributed by atoms with van der Waals surface area (Å²) in [6.07, 6.45) is -0.0574. The molecule has 0 aliphatic rings. The molecule has 1 aromatic rings. The zero-order valence-corrected chi connectivity index (χ0v) is 12.2. The Morgan fingerprint density at radius 1 is 1.50 bits per heavy atom.